The van der Waals surface area contributed by atoms with E-state index in [0.717, 1.165) is 25.1 Å². The van der Waals surface area contributed by atoms with Crippen molar-refractivity contribution in [1.29, 1.82) is 0 Å². The van der Waals surface area contributed by atoms with Gasteiger partial charge >= 0.3 is 0 Å². The zero-order valence-electron chi connectivity index (χ0n) is 10.5. The van der Waals surface area contributed by atoms with Gasteiger partial charge in [0.25, 0.3) is 0 Å². The molecule has 0 radical (unpaired) electrons. The molecule has 1 aliphatic heterocycles. The van der Waals surface area contributed by atoms with E-state index in [9.17, 15) is 4.79 Å². The van der Waals surface area contributed by atoms with Gasteiger partial charge in [-0.25, -0.2) is 4.68 Å². The number of carbonyl (C=O) groups excluding carboxylic acids is 1. The summed E-state index contributed by atoms with van der Waals surface area (Å²) in [5.74, 6) is 0.446. The summed E-state index contributed by atoms with van der Waals surface area (Å²) in [5.41, 5.74) is 7.42. The summed E-state index contributed by atoms with van der Waals surface area (Å²) >= 11 is 0. The zero-order chi connectivity index (χ0) is 13.2. The topological polar surface area (TPSA) is 72.9 Å². The molecule has 3 rings (SSSR count). The number of nitrogen functional groups attached to an aromatic ring is 1. The number of anilines is 1. The number of para-hydroxylation sites is 1. The minimum Gasteiger partial charge on any atom is -0.383 e. The number of hydrogen-bond donors (Lipinski definition) is 2. The van der Waals surface area contributed by atoms with Crippen LogP contribution in [0.4, 0.5) is 5.82 Å². The van der Waals surface area contributed by atoms with E-state index in [1.165, 1.54) is 0 Å². The van der Waals surface area contributed by atoms with Crippen LogP contribution in [0.25, 0.3) is 5.69 Å². The summed E-state index contributed by atoms with van der Waals surface area (Å²) in [4.78, 5) is 12.3. The van der Waals surface area contributed by atoms with Crippen molar-refractivity contribution in [2.75, 3.05) is 12.3 Å². The summed E-state index contributed by atoms with van der Waals surface area (Å²) in [6.45, 7) is 0.892. The van der Waals surface area contributed by atoms with Crippen molar-refractivity contribution >= 4 is 11.6 Å². The van der Waals surface area contributed by atoms with Crippen molar-refractivity contribution in [2.45, 2.75) is 18.9 Å². The van der Waals surface area contributed by atoms with Gasteiger partial charge < -0.3 is 11.1 Å². The highest BCUT2D eigenvalue weighted by Gasteiger charge is 2.26. The first kappa shape index (κ1) is 11.9. The quantitative estimate of drug-likeness (QED) is 0.814. The third kappa shape index (κ3) is 2.13. The van der Waals surface area contributed by atoms with Crippen LogP contribution in [0, 0.1) is 0 Å². The fourth-order valence-corrected chi connectivity index (χ4v) is 2.42. The number of nitrogens with two attached hydrogens (primary N) is 1. The second kappa shape index (κ2) is 4.85. The molecular weight excluding hydrogens is 240 g/mol. The number of aromatic nitrogens is 2. The Bertz CT molecular complexity index is 585. The number of rotatable bonds is 3. The lowest BCUT2D eigenvalue weighted by atomic mass is 10.1. The van der Waals surface area contributed by atoms with E-state index >= 15 is 0 Å². The molecule has 0 bridgehead atoms. The molecule has 0 saturated carbocycles. The largest absolute Gasteiger partial charge is 0.383 e. The van der Waals surface area contributed by atoms with E-state index in [-0.39, 0.29) is 11.8 Å². The number of hydrogen-bond acceptors (Lipinski definition) is 4. The Balaban J connectivity index is 1.93. The van der Waals surface area contributed by atoms with E-state index in [2.05, 4.69) is 10.4 Å². The molecule has 19 heavy (non-hydrogen) atoms. The molecule has 5 heteroatoms. The van der Waals surface area contributed by atoms with Crippen LogP contribution in [0.3, 0.4) is 0 Å². The monoisotopic (exact) mass is 256 g/mol. The average Bonchev–Trinajstić information content (AvgIpc) is 3.08. The highest BCUT2D eigenvalue weighted by atomic mass is 16.1. The van der Waals surface area contributed by atoms with E-state index < -0.39 is 0 Å². The zero-order valence-corrected chi connectivity index (χ0v) is 10.5. The van der Waals surface area contributed by atoms with Crippen LogP contribution in [0.15, 0.2) is 36.5 Å². The predicted octanol–water partition coefficient (Wildman–Crippen LogP) is 1.39. The first-order valence-electron chi connectivity index (χ1n) is 6.44. The average molecular weight is 256 g/mol. The highest BCUT2D eigenvalue weighted by Crippen LogP contribution is 2.20. The molecule has 1 saturated heterocycles. The van der Waals surface area contributed by atoms with Gasteiger partial charge in [0.15, 0.2) is 5.78 Å². The number of ketones is 1. The molecule has 0 amide bonds. The third-order valence-electron chi connectivity index (χ3n) is 3.45. The van der Waals surface area contributed by atoms with Crippen LogP contribution in [0.1, 0.15) is 23.2 Å². The van der Waals surface area contributed by atoms with E-state index in [0.29, 0.717) is 11.4 Å². The SMILES string of the molecule is Nc1c(C(=O)C2CCCN2)cnn1-c1ccccc1. The van der Waals surface area contributed by atoms with Crippen LogP contribution < -0.4 is 11.1 Å². The van der Waals surface area contributed by atoms with Gasteiger partial charge in [-0.2, -0.15) is 5.10 Å². The molecule has 0 aliphatic carbocycles. The molecule has 1 aromatic carbocycles. The standard InChI is InChI=1S/C14H16N4O/c15-14-11(13(19)12-7-4-8-16-12)9-17-18(14)10-5-2-1-3-6-10/h1-3,5-6,9,12,16H,4,7-8,15H2. The Morgan fingerprint density at radius 2 is 2.16 bits per heavy atom. The summed E-state index contributed by atoms with van der Waals surface area (Å²) in [7, 11) is 0. The lowest BCUT2D eigenvalue weighted by Gasteiger charge is -2.08. The van der Waals surface area contributed by atoms with E-state index in [1.807, 2.05) is 30.3 Å². The minimum atomic E-state index is -0.115. The first-order valence-corrected chi connectivity index (χ1v) is 6.44. The van der Waals surface area contributed by atoms with Gasteiger partial charge in [0.1, 0.15) is 5.82 Å². The fourth-order valence-electron chi connectivity index (χ4n) is 2.42. The molecule has 1 aliphatic rings. The smallest absolute Gasteiger partial charge is 0.185 e. The number of nitrogens with one attached hydrogen (secondary N) is 1. The molecule has 2 aromatic rings. The molecule has 3 N–H and O–H groups in total. The van der Waals surface area contributed by atoms with Gasteiger partial charge in [-0.1, -0.05) is 18.2 Å². The normalized spacial score (nSPS) is 18.6. The van der Waals surface area contributed by atoms with Crippen LogP contribution in [-0.2, 0) is 0 Å². The van der Waals surface area contributed by atoms with Crippen molar-refractivity contribution < 1.29 is 4.79 Å². The lowest BCUT2D eigenvalue weighted by molar-refractivity contribution is 0.0953. The molecule has 1 fully saturated rings. The molecular formula is C14H16N4O. The van der Waals surface area contributed by atoms with Gasteiger partial charge in [-0.15, -0.1) is 0 Å². The first-order chi connectivity index (χ1) is 9.27. The molecule has 0 spiro atoms. The van der Waals surface area contributed by atoms with Crippen LogP contribution >= 0.6 is 0 Å². The maximum absolute atomic E-state index is 12.3. The number of benzene rings is 1. The Hall–Kier alpha value is -2.14. The van der Waals surface area contributed by atoms with Crippen molar-refractivity contribution in [1.82, 2.24) is 15.1 Å². The summed E-state index contributed by atoms with van der Waals surface area (Å²) in [6, 6.07) is 9.46. The number of carbonyl (C=O) groups is 1. The molecule has 98 valence electrons. The lowest BCUT2D eigenvalue weighted by Crippen LogP contribution is -2.31. The van der Waals surface area contributed by atoms with Gasteiger partial charge in [0.2, 0.25) is 0 Å². The molecule has 1 aromatic heterocycles. The minimum absolute atomic E-state index is 0.0391. The second-order valence-corrected chi connectivity index (χ2v) is 4.70. The Morgan fingerprint density at radius 1 is 1.37 bits per heavy atom. The molecule has 1 atom stereocenters. The van der Waals surface area contributed by atoms with E-state index in [1.54, 1.807) is 10.9 Å². The highest BCUT2D eigenvalue weighted by molar-refractivity contribution is 6.03. The van der Waals surface area contributed by atoms with Crippen molar-refractivity contribution in [3.8, 4) is 5.69 Å². The maximum atomic E-state index is 12.3. The molecule has 5 nitrogen and oxygen atoms in total. The van der Waals surface area contributed by atoms with Crippen molar-refractivity contribution in [3.63, 3.8) is 0 Å². The summed E-state index contributed by atoms with van der Waals surface area (Å²) < 4.78 is 1.60. The van der Waals surface area contributed by atoms with Crippen LogP contribution in [-0.4, -0.2) is 28.2 Å². The molecule has 1 unspecified atom stereocenters. The Morgan fingerprint density at radius 3 is 2.84 bits per heavy atom. The van der Waals surface area contributed by atoms with Gasteiger partial charge in [0.05, 0.1) is 23.5 Å². The van der Waals surface area contributed by atoms with Crippen molar-refractivity contribution in [2.24, 2.45) is 0 Å². The number of nitrogens with zero attached hydrogens (tertiary/aromatic N) is 2. The van der Waals surface area contributed by atoms with Gasteiger partial charge in [-0.3, -0.25) is 4.79 Å². The van der Waals surface area contributed by atoms with Crippen molar-refractivity contribution in [3.05, 3.63) is 42.1 Å². The summed E-state index contributed by atoms with van der Waals surface area (Å²) in [6.07, 6.45) is 3.46. The Labute approximate surface area is 111 Å². The third-order valence-corrected chi connectivity index (χ3v) is 3.45. The van der Waals surface area contributed by atoms with Crippen LogP contribution in [0.2, 0.25) is 0 Å². The maximum Gasteiger partial charge on any atom is 0.185 e. The predicted molar refractivity (Wildman–Crippen MR) is 73.3 cm³/mol. The second-order valence-electron chi connectivity index (χ2n) is 4.70. The van der Waals surface area contributed by atoms with Crippen LogP contribution in [0.5, 0.6) is 0 Å². The summed E-state index contributed by atoms with van der Waals surface area (Å²) in [5, 5.41) is 7.41. The number of Topliss-reactive ketones (excluding diaryl/α,β-unsaturated/α-hetero) is 1. The van der Waals surface area contributed by atoms with E-state index in [4.69, 9.17) is 5.73 Å². The van der Waals surface area contributed by atoms with Gasteiger partial charge in [-0.05, 0) is 31.5 Å². The van der Waals surface area contributed by atoms with Gasteiger partial charge in [0, 0.05) is 0 Å². The fraction of sp³-hybridized carbons (Fsp3) is 0.286. The Kier molecular flexibility index (Phi) is 3.05. The molecule has 2 heterocycles.